The van der Waals surface area contributed by atoms with Gasteiger partial charge in [-0.15, -0.1) is 0 Å². The van der Waals surface area contributed by atoms with Gasteiger partial charge in [-0.1, -0.05) is 109 Å². The molecule has 1 atom stereocenters. The van der Waals surface area contributed by atoms with Crippen molar-refractivity contribution >= 4 is 12.3 Å². The summed E-state index contributed by atoms with van der Waals surface area (Å²) in [4.78, 5) is 29.3. The minimum atomic E-state index is -0.753. The Morgan fingerprint density at radius 3 is 1.84 bits per heavy atom. The van der Waals surface area contributed by atoms with Crippen molar-refractivity contribution in [3.05, 3.63) is 30.6 Å². The molecule has 0 fully saturated rings. The van der Waals surface area contributed by atoms with Crippen molar-refractivity contribution in [2.24, 2.45) is 0 Å². The van der Waals surface area contributed by atoms with E-state index in [0.717, 1.165) is 6.42 Å². The molecule has 0 spiro atoms. The lowest BCUT2D eigenvalue weighted by Crippen LogP contribution is -2.44. The summed E-state index contributed by atoms with van der Waals surface area (Å²) in [6.07, 6.45) is 25.7. The van der Waals surface area contributed by atoms with E-state index in [-0.39, 0.29) is 5.91 Å². The van der Waals surface area contributed by atoms with Gasteiger partial charge >= 0.3 is 0 Å². The largest absolute Gasteiger partial charge is 0.381 e. The maximum atomic E-state index is 12.2. The van der Waals surface area contributed by atoms with Gasteiger partial charge in [0, 0.05) is 38.8 Å². The molecule has 1 heterocycles. The molecule has 0 saturated heterocycles. The van der Waals surface area contributed by atoms with Crippen molar-refractivity contribution in [3.63, 3.8) is 0 Å². The lowest BCUT2D eigenvalue weighted by molar-refractivity contribution is -0.697. The lowest BCUT2D eigenvalue weighted by Gasteiger charge is -2.22. The van der Waals surface area contributed by atoms with Gasteiger partial charge in [-0.05, 0) is 6.42 Å². The zero-order chi connectivity index (χ0) is 27.5. The van der Waals surface area contributed by atoms with Crippen molar-refractivity contribution in [1.29, 1.82) is 0 Å². The summed E-state index contributed by atoms with van der Waals surface area (Å²) in [6, 6.07) is 5.79. The lowest BCUT2D eigenvalue weighted by atomic mass is 10.0. The predicted octanol–water partition coefficient (Wildman–Crippen LogP) is 6.15. The molecule has 7 nitrogen and oxygen atoms in total. The highest BCUT2D eigenvalue weighted by Crippen LogP contribution is 2.14. The van der Waals surface area contributed by atoms with Crippen LogP contribution in [0.5, 0.6) is 0 Å². The van der Waals surface area contributed by atoms with Crippen molar-refractivity contribution in [2.45, 2.75) is 129 Å². The van der Waals surface area contributed by atoms with Crippen LogP contribution < -0.4 is 9.88 Å². The summed E-state index contributed by atoms with van der Waals surface area (Å²) < 4.78 is 7.71. The van der Waals surface area contributed by atoms with Crippen LogP contribution >= 0.6 is 0 Å². The fraction of sp³-hybridized carbons (Fsp3) is 0.774. The van der Waals surface area contributed by atoms with Gasteiger partial charge in [0.15, 0.2) is 25.0 Å². The van der Waals surface area contributed by atoms with Crippen LogP contribution in [0.15, 0.2) is 30.6 Å². The molecule has 1 aromatic rings. The number of nitrogens with one attached hydrogen (secondary N) is 1. The van der Waals surface area contributed by atoms with Gasteiger partial charge in [-0.25, -0.2) is 9.63 Å². The molecule has 7 heteroatoms. The van der Waals surface area contributed by atoms with Gasteiger partial charge in [0.05, 0.1) is 0 Å². The van der Waals surface area contributed by atoms with Crippen LogP contribution in [0.2, 0.25) is 0 Å². The highest BCUT2D eigenvalue weighted by molar-refractivity contribution is 5.80. The maximum Gasteiger partial charge on any atom is 0.251 e. The van der Waals surface area contributed by atoms with Crippen molar-refractivity contribution in [2.75, 3.05) is 26.8 Å². The van der Waals surface area contributed by atoms with Gasteiger partial charge in [-0.3, -0.25) is 14.4 Å². The number of pyridine rings is 1. The molecule has 0 bridgehead atoms. The Hall–Kier alpha value is -1.99. The van der Waals surface area contributed by atoms with E-state index in [1.165, 1.54) is 101 Å². The average Bonchev–Trinajstić information content (AvgIpc) is 2.95. The molecule has 38 heavy (non-hydrogen) atoms. The van der Waals surface area contributed by atoms with E-state index < -0.39 is 6.10 Å². The Bertz CT molecular complexity index is 674. The van der Waals surface area contributed by atoms with Crippen LogP contribution in [0.3, 0.4) is 0 Å². The molecule has 0 aromatic carbocycles. The van der Waals surface area contributed by atoms with Crippen LogP contribution in [0.4, 0.5) is 0 Å². The van der Waals surface area contributed by atoms with E-state index in [1.807, 2.05) is 35.2 Å². The monoisotopic (exact) mass is 534 g/mol. The smallest absolute Gasteiger partial charge is 0.251 e. The van der Waals surface area contributed by atoms with E-state index in [1.54, 1.807) is 7.05 Å². The number of aromatic nitrogens is 1. The summed E-state index contributed by atoms with van der Waals surface area (Å²) in [7, 11) is 1.57. The van der Waals surface area contributed by atoms with E-state index in [2.05, 4.69) is 12.2 Å². The topological polar surface area (TPSA) is 71.8 Å². The number of hydrogen-bond donors (Lipinski definition) is 1. The Balaban J connectivity index is 1.99. The maximum absolute atomic E-state index is 12.2. The molecule has 2 amide bonds. The molecule has 0 unspecified atom stereocenters. The Morgan fingerprint density at radius 1 is 0.816 bits per heavy atom. The zero-order valence-electron chi connectivity index (χ0n) is 24.4. The predicted molar refractivity (Wildman–Crippen MR) is 153 cm³/mol. The summed E-state index contributed by atoms with van der Waals surface area (Å²) in [5.74, 6) is -0.254. The molecule has 0 aliphatic carbocycles. The van der Waals surface area contributed by atoms with Gasteiger partial charge in [0.2, 0.25) is 6.41 Å². The highest BCUT2D eigenvalue weighted by atomic mass is 16.7. The fourth-order valence-corrected chi connectivity index (χ4v) is 4.53. The molecule has 1 rings (SSSR count). The molecule has 1 N–H and O–H groups in total. The van der Waals surface area contributed by atoms with Gasteiger partial charge < -0.3 is 10.1 Å². The number of rotatable bonds is 27. The number of carbonyl (C=O) groups is 2. The fourth-order valence-electron chi connectivity index (χ4n) is 4.53. The minimum Gasteiger partial charge on any atom is -0.381 e. The van der Waals surface area contributed by atoms with Crippen LogP contribution in [-0.4, -0.2) is 50.3 Å². The van der Waals surface area contributed by atoms with E-state index in [0.29, 0.717) is 39.1 Å². The van der Waals surface area contributed by atoms with Gasteiger partial charge in [0.25, 0.3) is 5.91 Å². The van der Waals surface area contributed by atoms with Gasteiger partial charge in [-0.2, -0.15) is 0 Å². The second-order valence-corrected chi connectivity index (χ2v) is 10.3. The first kappa shape index (κ1) is 34.0. The van der Waals surface area contributed by atoms with Gasteiger partial charge in [0.1, 0.15) is 6.54 Å². The molecular formula is C31H56N3O4+. The number of nitrogens with zero attached hydrogens (tertiary/aromatic N) is 2. The summed E-state index contributed by atoms with van der Waals surface area (Å²) in [6.45, 7) is 4.33. The average molecular weight is 535 g/mol. The van der Waals surface area contributed by atoms with Crippen molar-refractivity contribution in [3.8, 4) is 0 Å². The standard InChI is InChI=1S/C31H55N3O4/c1-3-4-5-6-7-8-9-10-11-12-13-14-15-16-17-21-27-37-28-22-30(31(36)32-2)38-34(29-35)26-25-33-23-19-18-20-24-33/h18-20,23-24,29-30H,3-17,21-22,25-28H2,1-2H3/p+1/t30-/m1/s1. The third-order valence-electron chi connectivity index (χ3n) is 6.94. The van der Waals surface area contributed by atoms with Crippen molar-refractivity contribution in [1.82, 2.24) is 10.4 Å². The number of ether oxygens (including phenoxy) is 1. The number of unbranched alkanes of at least 4 members (excludes halogenated alkanes) is 15. The molecule has 218 valence electrons. The molecular weight excluding hydrogens is 478 g/mol. The first-order valence-corrected chi connectivity index (χ1v) is 15.3. The second kappa shape index (κ2) is 25.3. The SMILES string of the molecule is CCCCCCCCCCCCCCCCCCOCC[C@@H](ON(C=O)CC[n+]1ccccc1)C(=O)NC. The summed E-state index contributed by atoms with van der Waals surface area (Å²) in [5, 5.41) is 3.80. The van der Waals surface area contributed by atoms with Crippen LogP contribution in [0, 0.1) is 0 Å². The normalized spacial score (nSPS) is 11.8. The third-order valence-corrected chi connectivity index (χ3v) is 6.94. The van der Waals surface area contributed by atoms with Crippen LogP contribution in [0.25, 0.3) is 0 Å². The highest BCUT2D eigenvalue weighted by Gasteiger charge is 2.22. The number of hydrogen-bond acceptors (Lipinski definition) is 4. The first-order chi connectivity index (χ1) is 18.7. The number of amides is 2. The van der Waals surface area contributed by atoms with E-state index in [9.17, 15) is 9.59 Å². The third kappa shape index (κ3) is 19.1. The number of carbonyl (C=O) groups excluding carboxylic acids is 2. The first-order valence-electron chi connectivity index (χ1n) is 15.3. The summed E-state index contributed by atoms with van der Waals surface area (Å²) >= 11 is 0. The van der Waals surface area contributed by atoms with Crippen LogP contribution in [0.1, 0.15) is 116 Å². The molecule has 0 radical (unpaired) electrons. The zero-order valence-corrected chi connectivity index (χ0v) is 24.4. The second-order valence-electron chi connectivity index (χ2n) is 10.3. The minimum absolute atomic E-state index is 0.254. The number of likely N-dealkylation sites (N-methyl/N-ethyl adjacent to an activating group) is 1. The molecule has 0 aliphatic rings. The Labute approximate surface area is 232 Å². The Kier molecular flexibility index (Phi) is 22.7. The summed E-state index contributed by atoms with van der Waals surface area (Å²) in [5.41, 5.74) is 0. The molecule has 1 aromatic heterocycles. The molecule has 0 saturated carbocycles. The quantitative estimate of drug-likeness (QED) is 0.0636. The molecule has 0 aliphatic heterocycles. The number of hydroxylamine groups is 2. The Morgan fingerprint density at radius 2 is 1.34 bits per heavy atom. The van der Waals surface area contributed by atoms with E-state index in [4.69, 9.17) is 9.57 Å². The van der Waals surface area contributed by atoms with Crippen LogP contribution in [-0.2, 0) is 25.7 Å². The van der Waals surface area contributed by atoms with Crippen molar-refractivity contribution < 1.29 is 23.7 Å². The van der Waals surface area contributed by atoms with E-state index >= 15 is 0 Å².